The summed E-state index contributed by atoms with van der Waals surface area (Å²) < 4.78 is 5.19. The van der Waals surface area contributed by atoms with E-state index in [1.54, 1.807) is 31.4 Å². The zero-order valence-corrected chi connectivity index (χ0v) is 18.4. The van der Waals surface area contributed by atoms with Crippen LogP contribution >= 0.6 is 0 Å². The third-order valence-electron chi connectivity index (χ3n) is 6.20. The van der Waals surface area contributed by atoms with Gasteiger partial charge in [0, 0.05) is 25.2 Å². The number of methoxy groups -OCH3 is 1. The topological polar surface area (TPSA) is 93.0 Å². The molecule has 34 heavy (non-hydrogen) atoms. The van der Waals surface area contributed by atoms with E-state index in [1.165, 1.54) is 29.8 Å². The van der Waals surface area contributed by atoms with Gasteiger partial charge in [-0.25, -0.2) is 4.90 Å². The van der Waals surface area contributed by atoms with E-state index in [4.69, 9.17) is 4.74 Å². The fourth-order valence-electron chi connectivity index (χ4n) is 4.47. The summed E-state index contributed by atoms with van der Waals surface area (Å²) in [5, 5.41) is 11.1. The Morgan fingerprint density at radius 3 is 2.21 bits per heavy atom. The summed E-state index contributed by atoms with van der Waals surface area (Å²) in [4.78, 5) is 41.1. The van der Waals surface area contributed by atoms with Gasteiger partial charge < -0.3 is 9.64 Å². The summed E-state index contributed by atoms with van der Waals surface area (Å²) in [5.74, 6) is -0.264. The molecule has 0 N–H and O–H groups in total. The van der Waals surface area contributed by atoms with E-state index in [-0.39, 0.29) is 11.3 Å². The predicted molar refractivity (Wildman–Crippen MR) is 126 cm³/mol. The highest BCUT2D eigenvalue weighted by atomic mass is 16.6. The van der Waals surface area contributed by atoms with E-state index in [1.807, 2.05) is 23.1 Å². The molecule has 2 aliphatic heterocycles. The maximum absolute atomic E-state index is 13.7. The van der Waals surface area contributed by atoms with Crippen molar-refractivity contribution < 1.29 is 19.2 Å². The molecule has 8 nitrogen and oxygen atoms in total. The summed E-state index contributed by atoms with van der Waals surface area (Å²) in [6, 6.07) is 20.5. The number of nitrogens with zero attached hydrogens (tertiary/aromatic N) is 3. The number of nitro benzene ring substituents is 1. The van der Waals surface area contributed by atoms with Crippen LogP contribution in [0.3, 0.4) is 0 Å². The lowest BCUT2D eigenvalue weighted by molar-refractivity contribution is -0.384. The number of nitro groups is 1. The van der Waals surface area contributed by atoms with Crippen LogP contribution in [0.5, 0.6) is 5.75 Å². The lowest BCUT2D eigenvalue weighted by Gasteiger charge is -2.31. The first-order valence-electron chi connectivity index (χ1n) is 10.8. The summed E-state index contributed by atoms with van der Waals surface area (Å²) in [5.41, 5.74) is 3.70. The van der Waals surface area contributed by atoms with E-state index < -0.39 is 16.7 Å². The molecule has 3 aromatic carbocycles. The Balaban J connectivity index is 1.60. The van der Waals surface area contributed by atoms with Crippen LogP contribution in [-0.2, 0) is 22.6 Å². The van der Waals surface area contributed by atoms with E-state index in [9.17, 15) is 19.7 Å². The summed E-state index contributed by atoms with van der Waals surface area (Å²) in [6.07, 6.45) is 0.747. The van der Waals surface area contributed by atoms with Gasteiger partial charge in [0.1, 0.15) is 11.4 Å². The van der Waals surface area contributed by atoms with Crippen molar-refractivity contribution in [1.29, 1.82) is 0 Å². The first kappa shape index (κ1) is 21.4. The largest absolute Gasteiger partial charge is 0.497 e. The second-order valence-corrected chi connectivity index (χ2v) is 8.11. The number of hydrogen-bond donors (Lipinski definition) is 0. The van der Waals surface area contributed by atoms with Crippen LogP contribution < -0.4 is 9.64 Å². The van der Waals surface area contributed by atoms with Crippen molar-refractivity contribution in [3.05, 3.63) is 105 Å². The molecule has 5 rings (SSSR count). The van der Waals surface area contributed by atoms with Crippen molar-refractivity contribution in [1.82, 2.24) is 4.90 Å². The Morgan fingerprint density at radius 2 is 1.56 bits per heavy atom. The van der Waals surface area contributed by atoms with E-state index in [0.717, 1.165) is 16.9 Å². The Hall–Kier alpha value is -4.46. The third kappa shape index (κ3) is 3.59. The van der Waals surface area contributed by atoms with Gasteiger partial charge >= 0.3 is 0 Å². The number of carbonyl (C=O) groups is 2. The van der Waals surface area contributed by atoms with Gasteiger partial charge in [-0.05, 0) is 59.5 Å². The van der Waals surface area contributed by atoms with Gasteiger partial charge in [0.15, 0.2) is 0 Å². The van der Waals surface area contributed by atoms with Crippen LogP contribution in [0.2, 0.25) is 0 Å². The zero-order valence-electron chi connectivity index (χ0n) is 18.4. The molecular formula is C26H21N3O5. The zero-order chi connectivity index (χ0) is 23.8. The minimum absolute atomic E-state index is 0.0819. The number of anilines is 1. The van der Waals surface area contributed by atoms with E-state index in [0.29, 0.717) is 35.8 Å². The lowest BCUT2D eigenvalue weighted by atomic mass is 9.98. The number of hydrogen-bond acceptors (Lipinski definition) is 6. The minimum Gasteiger partial charge on any atom is -0.497 e. The third-order valence-corrected chi connectivity index (χ3v) is 6.20. The molecule has 170 valence electrons. The first-order chi connectivity index (χ1) is 16.5. The van der Waals surface area contributed by atoms with Crippen LogP contribution in [-0.4, -0.2) is 35.3 Å². The maximum Gasteiger partial charge on any atom is 0.282 e. The molecule has 2 amide bonds. The van der Waals surface area contributed by atoms with E-state index in [2.05, 4.69) is 6.07 Å². The highest BCUT2D eigenvalue weighted by Crippen LogP contribution is 2.37. The van der Waals surface area contributed by atoms with Crippen LogP contribution in [0.1, 0.15) is 16.7 Å². The fraction of sp³-hybridized carbons (Fsp3) is 0.154. The lowest BCUT2D eigenvalue weighted by Crippen LogP contribution is -2.37. The molecule has 3 aromatic rings. The quantitative estimate of drug-likeness (QED) is 0.329. The van der Waals surface area contributed by atoms with Gasteiger partial charge in [0.2, 0.25) is 0 Å². The minimum atomic E-state index is -0.494. The van der Waals surface area contributed by atoms with Crippen LogP contribution in [0, 0.1) is 10.1 Å². The normalized spacial score (nSPS) is 15.6. The van der Waals surface area contributed by atoms with Crippen molar-refractivity contribution in [3.8, 4) is 5.75 Å². The SMILES string of the molecule is COc1ccc(N2C(=O)C(c3ccc([N+](=O)[O-])cc3)=C(N3CCc4ccccc4C3)C2=O)cc1. The highest BCUT2D eigenvalue weighted by molar-refractivity contribution is 6.45. The number of amides is 2. The number of imide groups is 1. The fourth-order valence-corrected chi connectivity index (χ4v) is 4.47. The Bertz CT molecular complexity index is 1330. The van der Waals surface area contributed by atoms with Gasteiger partial charge in [-0.1, -0.05) is 24.3 Å². The smallest absolute Gasteiger partial charge is 0.282 e. The van der Waals surface area contributed by atoms with Crippen LogP contribution in [0.15, 0.2) is 78.5 Å². The molecule has 2 heterocycles. The number of fused-ring (bicyclic) bond motifs is 1. The molecular weight excluding hydrogens is 434 g/mol. The average Bonchev–Trinajstić information content (AvgIpc) is 3.13. The Morgan fingerprint density at radius 1 is 0.882 bits per heavy atom. The van der Waals surface area contributed by atoms with Crippen molar-refractivity contribution in [2.45, 2.75) is 13.0 Å². The van der Waals surface area contributed by atoms with Crippen molar-refractivity contribution in [2.75, 3.05) is 18.6 Å². The molecule has 0 fully saturated rings. The summed E-state index contributed by atoms with van der Waals surface area (Å²) >= 11 is 0. The van der Waals surface area contributed by atoms with Crippen molar-refractivity contribution in [3.63, 3.8) is 0 Å². The Labute approximate surface area is 195 Å². The Kier molecular flexibility index (Phi) is 5.33. The summed E-state index contributed by atoms with van der Waals surface area (Å²) in [6.45, 7) is 1.08. The second-order valence-electron chi connectivity index (χ2n) is 8.11. The van der Waals surface area contributed by atoms with Crippen molar-refractivity contribution >= 4 is 28.8 Å². The van der Waals surface area contributed by atoms with Crippen molar-refractivity contribution in [2.24, 2.45) is 0 Å². The number of carbonyl (C=O) groups excluding carboxylic acids is 2. The average molecular weight is 455 g/mol. The molecule has 0 unspecified atom stereocenters. The molecule has 8 heteroatoms. The number of ether oxygens (including phenoxy) is 1. The number of rotatable bonds is 5. The molecule has 0 bridgehead atoms. The predicted octanol–water partition coefficient (Wildman–Crippen LogP) is 3.95. The molecule has 0 spiro atoms. The first-order valence-corrected chi connectivity index (χ1v) is 10.8. The maximum atomic E-state index is 13.7. The van der Waals surface area contributed by atoms with Gasteiger partial charge in [-0.2, -0.15) is 0 Å². The standard InChI is InChI=1S/C26H21N3O5/c1-34-22-12-10-20(11-13-22)28-25(30)23(18-6-8-21(9-7-18)29(32)33)24(26(28)31)27-15-14-17-4-2-3-5-19(17)16-27/h2-13H,14-16H2,1H3. The van der Waals surface area contributed by atoms with E-state index >= 15 is 0 Å². The van der Waals surface area contributed by atoms with Gasteiger partial charge in [-0.3, -0.25) is 19.7 Å². The summed E-state index contributed by atoms with van der Waals surface area (Å²) in [7, 11) is 1.54. The molecule has 2 aliphatic rings. The molecule has 0 saturated carbocycles. The van der Waals surface area contributed by atoms with Crippen LogP contribution in [0.4, 0.5) is 11.4 Å². The number of benzene rings is 3. The molecule has 0 aliphatic carbocycles. The molecule has 0 saturated heterocycles. The monoisotopic (exact) mass is 455 g/mol. The van der Waals surface area contributed by atoms with Crippen LogP contribution in [0.25, 0.3) is 5.57 Å². The van der Waals surface area contributed by atoms with Gasteiger partial charge in [0.25, 0.3) is 17.5 Å². The van der Waals surface area contributed by atoms with Gasteiger partial charge in [-0.15, -0.1) is 0 Å². The number of non-ortho nitro benzene ring substituents is 1. The second kappa shape index (κ2) is 8.47. The molecule has 0 radical (unpaired) electrons. The van der Waals surface area contributed by atoms with Gasteiger partial charge in [0.05, 0.1) is 23.3 Å². The molecule has 0 atom stereocenters. The molecule has 0 aromatic heterocycles. The highest BCUT2D eigenvalue weighted by Gasteiger charge is 2.43.